The maximum Gasteiger partial charge on any atom is 0.0341 e. The maximum absolute atomic E-state index is 2.76. The molecule has 2 spiro atoms. The number of nitrogens with zero attached hydrogens (tertiary/aromatic N) is 16. The highest BCUT2D eigenvalue weighted by molar-refractivity contribution is 5.10. The van der Waals surface area contributed by atoms with E-state index in [9.17, 15) is 0 Å². The molecule has 118 heavy (non-hydrogen) atoms. The molecule has 15 rings (SSSR count). The minimum absolute atomic E-state index is 0.552. The number of fused-ring (bicyclic) bond motifs is 5. The van der Waals surface area contributed by atoms with Crippen molar-refractivity contribution in [3.05, 3.63) is 0 Å². The van der Waals surface area contributed by atoms with E-state index in [0.717, 1.165) is 144 Å². The van der Waals surface area contributed by atoms with E-state index in [1.165, 1.54) is 247 Å². The molecule has 0 aromatic heterocycles. The van der Waals surface area contributed by atoms with Crippen LogP contribution >= 0.6 is 0 Å². The van der Waals surface area contributed by atoms with Gasteiger partial charge >= 0.3 is 0 Å². The summed E-state index contributed by atoms with van der Waals surface area (Å²) in [6, 6.07) is 15.1. The summed E-state index contributed by atoms with van der Waals surface area (Å²) in [5.41, 5.74) is 1.13. The van der Waals surface area contributed by atoms with Crippen molar-refractivity contribution < 1.29 is 0 Å². The molecular formula is C102H210N16. The summed E-state index contributed by atoms with van der Waals surface area (Å²) in [5.74, 6) is 5.62. The number of piperidine rings is 2. The van der Waals surface area contributed by atoms with Crippen LogP contribution in [0.5, 0.6) is 0 Å². The van der Waals surface area contributed by atoms with E-state index in [1.54, 1.807) is 0 Å². The number of piperazine rings is 5. The fourth-order valence-electron chi connectivity index (χ4n) is 22.9. The van der Waals surface area contributed by atoms with E-state index >= 15 is 0 Å². The van der Waals surface area contributed by atoms with E-state index in [4.69, 9.17) is 0 Å². The van der Waals surface area contributed by atoms with Gasteiger partial charge in [-0.15, -0.1) is 0 Å². The van der Waals surface area contributed by atoms with Gasteiger partial charge in [0, 0.05) is 269 Å². The molecular weight excluding hydrogens is 1450 g/mol. The van der Waals surface area contributed by atoms with Crippen LogP contribution in [0, 0.1) is 35.5 Å². The van der Waals surface area contributed by atoms with Crippen molar-refractivity contribution in [1.82, 2.24) is 78.4 Å². The van der Waals surface area contributed by atoms with Gasteiger partial charge in [0.1, 0.15) is 0 Å². The molecule has 2 aliphatic carbocycles. The van der Waals surface area contributed by atoms with E-state index < -0.39 is 0 Å². The predicted octanol–water partition coefficient (Wildman–Crippen LogP) is 17.8. The van der Waals surface area contributed by atoms with Crippen molar-refractivity contribution in [3.63, 3.8) is 0 Å². The number of hydrogen-bond donors (Lipinski definition) is 0. The Kier molecular flexibility index (Phi) is 45.3. The number of hydrogen-bond acceptors (Lipinski definition) is 16. The van der Waals surface area contributed by atoms with Crippen LogP contribution in [0.25, 0.3) is 0 Å². The zero-order valence-corrected chi connectivity index (χ0v) is 86.0. The monoisotopic (exact) mass is 1660 g/mol. The smallest absolute Gasteiger partial charge is 0.0341 e. The molecule has 16 heteroatoms. The van der Waals surface area contributed by atoms with Gasteiger partial charge in [-0.25, -0.2) is 0 Å². The lowest BCUT2D eigenvalue weighted by Gasteiger charge is -2.59. The van der Waals surface area contributed by atoms with Gasteiger partial charge < -0.3 is 19.6 Å². The average molecular weight is 1660 g/mol. The highest BCUT2D eigenvalue weighted by Crippen LogP contribution is 2.46. The highest BCUT2D eigenvalue weighted by atomic mass is 15.4. The van der Waals surface area contributed by atoms with Crippen LogP contribution in [-0.4, -0.2) is 380 Å². The Balaban J connectivity index is 0.000000206. The summed E-state index contributed by atoms with van der Waals surface area (Å²) in [4.78, 5) is 42.3. The van der Waals surface area contributed by atoms with Gasteiger partial charge in [0.2, 0.25) is 0 Å². The first-order chi connectivity index (χ1) is 55.3. The van der Waals surface area contributed by atoms with Crippen LogP contribution < -0.4 is 0 Å². The zero-order valence-electron chi connectivity index (χ0n) is 86.0. The third-order valence-electron chi connectivity index (χ3n) is 31.8. The molecule has 0 amide bonds. The minimum atomic E-state index is 0.552. The molecule has 15 aliphatic rings. The largest absolute Gasteiger partial charge is 0.301 e. The Morgan fingerprint density at radius 1 is 0.195 bits per heavy atom. The van der Waals surface area contributed by atoms with Crippen molar-refractivity contribution in [3.8, 4) is 0 Å². The Bertz CT molecular complexity index is 2460. The number of rotatable bonds is 18. The summed E-state index contributed by atoms with van der Waals surface area (Å²) in [6.45, 7) is 117. The van der Waals surface area contributed by atoms with Crippen LogP contribution in [0.4, 0.5) is 0 Å². The Labute approximate surface area is 738 Å². The standard InChI is InChI=1S/C13H26N2.3C12H24N2.C11H22N2.C11H24N2.C11H23N.C10H22N2.C10H21N/c1-11(2)14-8-9-15(12(3)4)13(10-14)6-5-7-13;1-9(2)13-5-11-7-14(10(3)4)8-12(11)6-13;1-9(2)13-7-11-5-6-12(8-13)14(11)10(3)4;1-10(2)13-7-8-14(11(3)4)12(9-13)5-6-12;1-8(2)12-6-10-5-11(7-12)13(10)9(3)4;1-10(2)12-6-5-7-13(9-8-12)11(3)4;2*1-9(2)11-5-7-12(8-6-11)10(3)4;1-8(2)10-5-6-11(7-10)9(3)4/h11-12H,5-10H2,1-4H3;2*9-12H,5-8H2,1-4H3;10-11H,5-9H2,1-4H3;8-11H,5-7H2,1-4H3;10-11H,5-9H2,1-4H3;9-11H,5-8H2,1-4H3;9-10H,5-8H2,1-4H3;8-10H,5-7H2,1-4H3. The first kappa shape index (κ1) is 106. The molecule has 5 atom stereocenters. The minimum Gasteiger partial charge on any atom is -0.301 e. The summed E-state index contributed by atoms with van der Waals surface area (Å²) >= 11 is 0. The fourth-order valence-corrected chi connectivity index (χ4v) is 22.9. The Hall–Kier alpha value is -0.640. The predicted molar refractivity (Wildman–Crippen MR) is 518 cm³/mol. The summed E-state index contributed by atoms with van der Waals surface area (Å²) in [7, 11) is 0. The van der Waals surface area contributed by atoms with Crippen molar-refractivity contribution in [1.29, 1.82) is 0 Å². The van der Waals surface area contributed by atoms with E-state index in [-0.39, 0.29) is 0 Å². The topological polar surface area (TPSA) is 51.8 Å². The maximum atomic E-state index is 2.76. The van der Waals surface area contributed by atoms with Gasteiger partial charge in [0.05, 0.1) is 0 Å². The van der Waals surface area contributed by atoms with Crippen LogP contribution in [0.15, 0.2) is 0 Å². The van der Waals surface area contributed by atoms with Crippen molar-refractivity contribution >= 4 is 0 Å². The molecule has 698 valence electrons. The first-order valence-corrected chi connectivity index (χ1v) is 51.3. The second-order valence-corrected chi connectivity index (χ2v) is 45.7. The molecule has 5 unspecified atom stereocenters. The zero-order chi connectivity index (χ0) is 88.1. The molecule has 4 bridgehead atoms. The van der Waals surface area contributed by atoms with Gasteiger partial charge in [0.25, 0.3) is 0 Å². The normalized spacial score (nSPS) is 28.6. The molecule has 0 radical (unpaired) electrons. The Morgan fingerprint density at radius 2 is 0.458 bits per heavy atom. The van der Waals surface area contributed by atoms with Crippen LogP contribution in [0.3, 0.4) is 0 Å². The lowest BCUT2D eigenvalue weighted by atomic mass is 9.73. The first-order valence-electron chi connectivity index (χ1n) is 51.3. The van der Waals surface area contributed by atoms with E-state index in [1.807, 2.05) is 0 Å². The lowest BCUT2D eigenvalue weighted by molar-refractivity contribution is -0.0955. The molecule has 13 heterocycles. The molecule has 13 saturated heterocycles. The van der Waals surface area contributed by atoms with Crippen LogP contribution in [0.1, 0.15) is 326 Å². The van der Waals surface area contributed by atoms with Gasteiger partial charge in [0.15, 0.2) is 0 Å². The van der Waals surface area contributed by atoms with E-state index in [0.29, 0.717) is 23.2 Å². The molecule has 13 aliphatic heterocycles. The van der Waals surface area contributed by atoms with Crippen LogP contribution in [-0.2, 0) is 0 Å². The van der Waals surface area contributed by atoms with Crippen molar-refractivity contribution in [2.24, 2.45) is 35.5 Å². The third-order valence-corrected chi connectivity index (χ3v) is 31.8. The quantitative estimate of drug-likeness (QED) is 0.131. The second-order valence-electron chi connectivity index (χ2n) is 45.7. The van der Waals surface area contributed by atoms with Gasteiger partial charge in [-0.1, -0.05) is 27.7 Å². The van der Waals surface area contributed by atoms with Crippen molar-refractivity contribution in [2.75, 3.05) is 170 Å². The Morgan fingerprint density at radius 3 is 0.720 bits per heavy atom. The highest BCUT2D eigenvalue weighted by Gasteiger charge is 2.53. The molecule has 0 aromatic carbocycles. The van der Waals surface area contributed by atoms with Gasteiger partial charge in [-0.05, 0) is 367 Å². The fraction of sp³-hybridized carbons (Fsp3) is 1.00. The number of likely N-dealkylation sites (tertiary alicyclic amines) is 5. The molecule has 16 nitrogen and oxygen atoms in total. The second kappa shape index (κ2) is 50.4. The third kappa shape index (κ3) is 31.9. The SMILES string of the molecule is CC(C)C1CCN(C(C)C)C1.CC(C)C1CCN(C(C)C)CC1.CC(C)N1CC2CC(C1)N2C(C)C.CC(C)N1CC2CCC(C1)N2C(C)C.CC(C)N1CC2CN(C(C)C)CC2C1.CC(C)N1CCCN(C(C)C)CC1.CC(C)N1CCN(C(C)C)C2(CC2)C1.CC(C)N1CCN(C(C)C)C2(CCC2)C1.CC(C)N1CCN(C(C)C)CC1. The molecule has 0 aromatic rings. The average Bonchev–Trinajstić information content (AvgIpc) is 0.988. The summed E-state index contributed by atoms with van der Waals surface area (Å²) in [5, 5.41) is 0. The van der Waals surface area contributed by atoms with Gasteiger partial charge in [-0.2, -0.15) is 0 Å². The summed E-state index contributed by atoms with van der Waals surface area (Å²) in [6.07, 6.45) is 17.0. The molecule has 2 saturated carbocycles. The van der Waals surface area contributed by atoms with Crippen molar-refractivity contribution in [2.45, 2.75) is 458 Å². The molecule has 0 N–H and O–H groups in total. The van der Waals surface area contributed by atoms with Gasteiger partial charge in [-0.3, -0.25) is 58.8 Å². The lowest BCUT2D eigenvalue weighted by Crippen LogP contribution is -2.71. The van der Waals surface area contributed by atoms with E-state index in [2.05, 4.69) is 328 Å². The summed E-state index contributed by atoms with van der Waals surface area (Å²) < 4.78 is 0. The van der Waals surface area contributed by atoms with Crippen LogP contribution in [0.2, 0.25) is 0 Å². The molecule has 15 fully saturated rings.